The molecule has 0 saturated carbocycles. The third kappa shape index (κ3) is 3.61. The van der Waals surface area contributed by atoms with Crippen LogP contribution in [0, 0.1) is 0 Å². The van der Waals surface area contributed by atoms with E-state index in [0.29, 0.717) is 0 Å². The number of amides is 1. The fraction of sp³-hybridized carbons (Fsp3) is 0.273. The number of phenols is 1. The van der Waals surface area contributed by atoms with Crippen LogP contribution in [0.15, 0.2) is 18.2 Å². The zero-order chi connectivity index (χ0) is 13.7. The molecule has 98 valence electrons. The molecule has 0 bridgehead atoms. The van der Waals surface area contributed by atoms with E-state index in [2.05, 4.69) is 10.1 Å². The van der Waals surface area contributed by atoms with Crippen LogP contribution in [0.3, 0.4) is 0 Å². The molecule has 0 spiro atoms. The lowest BCUT2D eigenvalue weighted by Crippen LogP contribution is -2.43. The van der Waals surface area contributed by atoms with E-state index in [-0.39, 0.29) is 22.9 Å². The third-order valence-corrected chi connectivity index (χ3v) is 2.38. The van der Waals surface area contributed by atoms with E-state index in [4.69, 9.17) is 16.7 Å². The molecule has 1 aromatic carbocycles. The van der Waals surface area contributed by atoms with Crippen molar-refractivity contribution in [1.82, 2.24) is 5.32 Å². The predicted octanol–water partition coefficient (Wildman–Crippen LogP) is 0.875. The lowest BCUT2D eigenvalue weighted by Gasteiger charge is -2.14. The molecule has 1 amide bonds. The zero-order valence-corrected chi connectivity index (χ0v) is 10.3. The van der Waals surface area contributed by atoms with Crippen molar-refractivity contribution in [2.45, 2.75) is 6.04 Å². The van der Waals surface area contributed by atoms with Crippen LogP contribution in [0.5, 0.6) is 5.75 Å². The van der Waals surface area contributed by atoms with E-state index in [1.165, 1.54) is 25.3 Å². The lowest BCUT2D eigenvalue weighted by molar-refractivity contribution is -0.140. The first kappa shape index (κ1) is 14.3. The summed E-state index contributed by atoms with van der Waals surface area (Å²) in [5.74, 6) is -2.26. The number of carbonyl (C=O) groups is 2. The summed E-state index contributed by atoms with van der Waals surface area (Å²) in [7, 11) is 1.32. The summed E-state index contributed by atoms with van der Waals surface area (Å²) in [6, 6.07) is 2.74. The minimum Gasteiger partial charge on any atom is -0.507 e. The summed E-state index contributed by atoms with van der Waals surface area (Å²) in [5.41, 5.74) is -0.0539. The number of phenolic OH excluding ortho intramolecular Hbond substituents is 1. The molecule has 0 heterocycles. The van der Waals surface area contributed by atoms with Gasteiger partial charge in [-0.15, -0.1) is 0 Å². The van der Waals surface area contributed by atoms with Crippen molar-refractivity contribution >= 4 is 23.5 Å². The summed E-state index contributed by atoms with van der Waals surface area (Å²) >= 11 is 5.62. The van der Waals surface area contributed by atoms with Crippen LogP contribution in [-0.4, -0.2) is 41.8 Å². The average molecular weight is 274 g/mol. The number of hydrogen-bond donors (Lipinski definition) is 3. The van der Waals surface area contributed by atoms with Gasteiger partial charge >= 0.3 is 5.97 Å². The smallest absolute Gasteiger partial charge is 0.328 e. The van der Waals surface area contributed by atoms with E-state index >= 15 is 0 Å². The fourth-order valence-corrected chi connectivity index (χ4v) is 1.44. The van der Waals surface area contributed by atoms with E-state index in [1.54, 1.807) is 0 Å². The van der Waals surface area contributed by atoms with Gasteiger partial charge in [0.2, 0.25) is 0 Å². The molecule has 0 aliphatic carbocycles. The van der Waals surface area contributed by atoms with Crippen LogP contribution in [0.1, 0.15) is 10.4 Å². The van der Waals surface area contributed by atoms with Gasteiger partial charge in [0.15, 0.2) is 6.04 Å². The second-order valence-corrected chi connectivity index (χ2v) is 3.92. The quantitative estimate of drug-likeness (QED) is 0.740. The Bertz CT molecular complexity index is 463. The molecule has 1 rings (SSSR count). The van der Waals surface area contributed by atoms with Crippen molar-refractivity contribution in [3.05, 3.63) is 28.8 Å². The van der Waals surface area contributed by atoms with Crippen LogP contribution in [0.2, 0.25) is 5.02 Å². The largest absolute Gasteiger partial charge is 0.507 e. The Labute approximate surface area is 108 Å². The van der Waals surface area contributed by atoms with Crippen LogP contribution >= 0.6 is 11.6 Å². The normalized spacial score (nSPS) is 11.9. The Morgan fingerprint density at radius 2 is 2.17 bits per heavy atom. The molecule has 0 aliphatic rings. The average Bonchev–Trinajstić information content (AvgIpc) is 2.27. The molecule has 0 aliphatic heterocycles. The van der Waals surface area contributed by atoms with Crippen molar-refractivity contribution in [3.8, 4) is 5.75 Å². The zero-order valence-electron chi connectivity index (χ0n) is 9.51. The molecule has 1 aromatic rings. The monoisotopic (exact) mass is 273 g/mol. The standard InChI is InChI=1S/C11H12ClNO5/c1-18-5-8(11(16)17)13-10(15)7-3-2-6(12)4-9(7)14/h2-4,8,14H,5H2,1H3,(H,13,15)(H,16,17). The second kappa shape index (κ2) is 6.23. The molecule has 0 radical (unpaired) electrons. The van der Waals surface area contributed by atoms with Gasteiger partial charge in [-0.25, -0.2) is 4.79 Å². The summed E-state index contributed by atoms with van der Waals surface area (Å²) in [5, 5.41) is 20.9. The van der Waals surface area contributed by atoms with E-state index in [9.17, 15) is 14.7 Å². The number of halogens is 1. The fourth-order valence-electron chi connectivity index (χ4n) is 1.27. The number of carboxylic acid groups (broad SMARTS) is 1. The van der Waals surface area contributed by atoms with E-state index < -0.39 is 17.9 Å². The number of ether oxygens (including phenoxy) is 1. The summed E-state index contributed by atoms with van der Waals surface area (Å²) in [6.45, 7) is -0.171. The van der Waals surface area contributed by atoms with Gasteiger partial charge in [0.05, 0.1) is 12.2 Å². The molecular weight excluding hydrogens is 262 g/mol. The van der Waals surface area contributed by atoms with Gasteiger partial charge in [0, 0.05) is 12.1 Å². The van der Waals surface area contributed by atoms with Gasteiger partial charge in [-0.2, -0.15) is 0 Å². The minimum absolute atomic E-state index is 0.0539. The molecule has 1 unspecified atom stereocenters. The maximum Gasteiger partial charge on any atom is 0.328 e. The highest BCUT2D eigenvalue weighted by Crippen LogP contribution is 2.21. The number of carbonyl (C=O) groups excluding carboxylic acids is 1. The summed E-state index contributed by atoms with van der Waals surface area (Å²) < 4.78 is 4.67. The molecule has 0 fully saturated rings. The van der Waals surface area contributed by atoms with Crippen molar-refractivity contribution in [2.24, 2.45) is 0 Å². The third-order valence-electron chi connectivity index (χ3n) is 2.14. The van der Waals surface area contributed by atoms with Crippen molar-refractivity contribution in [2.75, 3.05) is 13.7 Å². The highest BCUT2D eigenvalue weighted by molar-refractivity contribution is 6.30. The Morgan fingerprint density at radius 1 is 1.50 bits per heavy atom. The molecule has 0 aromatic heterocycles. The number of aromatic hydroxyl groups is 1. The van der Waals surface area contributed by atoms with Crippen LogP contribution < -0.4 is 5.32 Å². The molecular formula is C11H12ClNO5. The Kier molecular flexibility index (Phi) is 4.94. The van der Waals surface area contributed by atoms with Gasteiger partial charge in [-0.05, 0) is 18.2 Å². The van der Waals surface area contributed by atoms with Gasteiger partial charge in [-0.3, -0.25) is 4.79 Å². The molecule has 3 N–H and O–H groups in total. The lowest BCUT2D eigenvalue weighted by atomic mass is 10.1. The summed E-state index contributed by atoms with van der Waals surface area (Å²) in [6.07, 6.45) is 0. The first-order chi connectivity index (χ1) is 8.45. The maximum absolute atomic E-state index is 11.7. The van der Waals surface area contributed by atoms with Crippen LogP contribution in [-0.2, 0) is 9.53 Å². The van der Waals surface area contributed by atoms with E-state index in [1.807, 2.05) is 0 Å². The highest BCUT2D eigenvalue weighted by Gasteiger charge is 2.21. The van der Waals surface area contributed by atoms with Gasteiger partial charge in [-0.1, -0.05) is 11.6 Å². The van der Waals surface area contributed by atoms with Crippen LogP contribution in [0.25, 0.3) is 0 Å². The SMILES string of the molecule is COCC(NC(=O)c1ccc(Cl)cc1O)C(=O)O. The van der Waals surface area contributed by atoms with Crippen LogP contribution in [0.4, 0.5) is 0 Å². The first-order valence-corrected chi connectivity index (χ1v) is 5.34. The number of carboxylic acids is 1. The van der Waals surface area contributed by atoms with Crippen molar-refractivity contribution in [1.29, 1.82) is 0 Å². The minimum atomic E-state index is -1.22. The highest BCUT2D eigenvalue weighted by atomic mass is 35.5. The van der Waals surface area contributed by atoms with E-state index in [0.717, 1.165) is 0 Å². The Hall–Kier alpha value is -1.79. The summed E-state index contributed by atoms with van der Waals surface area (Å²) in [4.78, 5) is 22.6. The second-order valence-electron chi connectivity index (χ2n) is 3.48. The number of benzene rings is 1. The molecule has 18 heavy (non-hydrogen) atoms. The topological polar surface area (TPSA) is 95.9 Å². The van der Waals surface area contributed by atoms with Gasteiger partial charge < -0.3 is 20.3 Å². The number of nitrogens with one attached hydrogen (secondary N) is 1. The Balaban J connectivity index is 2.83. The number of aliphatic carboxylic acids is 1. The molecule has 1 atom stereocenters. The Morgan fingerprint density at radius 3 is 2.67 bits per heavy atom. The van der Waals surface area contributed by atoms with Crippen molar-refractivity contribution < 1.29 is 24.5 Å². The number of methoxy groups -OCH3 is 1. The number of hydrogen-bond acceptors (Lipinski definition) is 4. The number of rotatable bonds is 5. The van der Waals surface area contributed by atoms with Gasteiger partial charge in [0.25, 0.3) is 5.91 Å². The molecule has 0 saturated heterocycles. The predicted molar refractivity (Wildman–Crippen MR) is 63.9 cm³/mol. The first-order valence-electron chi connectivity index (χ1n) is 4.96. The van der Waals surface area contributed by atoms with Gasteiger partial charge in [0.1, 0.15) is 5.75 Å². The molecule has 7 heteroatoms. The van der Waals surface area contributed by atoms with Crippen molar-refractivity contribution in [3.63, 3.8) is 0 Å². The molecule has 6 nitrogen and oxygen atoms in total. The maximum atomic E-state index is 11.7.